The quantitative estimate of drug-likeness (QED) is 0.904. The van der Waals surface area contributed by atoms with Gasteiger partial charge in [-0.25, -0.2) is 0 Å². The molecule has 1 atom stereocenters. The Morgan fingerprint density at radius 2 is 1.86 bits per heavy atom. The highest BCUT2D eigenvalue weighted by Gasteiger charge is 2.36. The standard InChI is InChI=1S/C17H25N3O/c1-5-15-14(7-6-8-18)17(21)20(19-15)16-12(3)9-11(2)10-13(16)4/h9-10,14H,5-8,18H2,1-4H3. The van der Waals surface area contributed by atoms with Gasteiger partial charge in [0.05, 0.1) is 17.3 Å². The van der Waals surface area contributed by atoms with Crippen molar-refractivity contribution in [1.82, 2.24) is 0 Å². The maximum atomic E-state index is 12.7. The Hall–Kier alpha value is -1.68. The van der Waals surface area contributed by atoms with Crippen LogP contribution in [0, 0.1) is 26.7 Å². The summed E-state index contributed by atoms with van der Waals surface area (Å²) >= 11 is 0. The first-order valence-electron chi connectivity index (χ1n) is 7.68. The molecule has 0 saturated heterocycles. The van der Waals surface area contributed by atoms with Crippen molar-refractivity contribution in [2.45, 2.75) is 47.0 Å². The van der Waals surface area contributed by atoms with Crippen molar-refractivity contribution in [1.29, 1.82) is 0 Å². The smallest absolute Gasteiger partial charge is 0.256 e. The van der Waals surface area contributed by atoms with E-state index in [4.69, 9.17) is 5.73 Å². The molecule has 4 heteroatoms. The second-order valence-corrected chi connectivity index (χ2v) is 5.83. The number of rotatable bonds is 5. The van der Waals surface area contributed by atoms with E-state index in [0.29, 0.717) is 6.54 Å². The van der Waals surface area contributed by atoms with Crippen LogP contribution < -0.4 is 10.7 Å². The van der Waals surface area contributed by atoms with Crippen LogP contribution in [0.1, 0.15) is 42.9 Å². The van der Waals surface area contributed by atoms with Gasteiger partial charge < -0.3 is 5.73 Å². The average molecular weight is 287 g/mol. The minimum atomic E-state index is -0.0985. The molecule has 21 heavy (non-hydrogen) atoms. The van der Waals surface area contributed by atoms with E-state index in [1.165, 1.54) is 5.56 Å². The molecule has 114 valence electrons. The number of aryl methyl sites for hydroxylation is 3. The van der Waals surface area contributed by atoms with Gasteiger partial charge in [-0.3, -0.25) is 4.79 Å². The van der Waals surface area contributed by atoms with Gasteiger partial charge in [-0.1, -0.05) is 24.6 Å². The summed E-state index contributed by atoms with van der Waals surface area (Å²) in [6, 6.07) is 4.20. The summed E-state index contributed by atoms with van der Waals surface area (Å²) < 4.78 is 0. The Kier molecular flexibility index (Phi) is 4.78. The van der Waals surface area contributed by atoms with Gasteiger partial charge in [-0.2, -0.15) is 10.1 Å². The molecule has 2 rings (SSSR count). The Morgan fingerprint density at radius 1 is 1.24 bits per heavy atom. The number of carbonyl (C=O) groups excluding carboxylic acids is 1. The molecule has 1 aliphatic heterocycles. The zero-order valence-electron chi connectivity index (χ0n) is 13.4. The molecule has 4 nitrogen and oxygen atoms in total. The highest BCUT2D eigenvalue weighted by molar-refractivity contribution is 6.15. The number of nitrogens with zero attached hydrogens (tertiary/aromatic N) is 2. The van der Waals surface area contributed by atoms with Gasteiger partial charge in [0.15, 0.2) is 0 Å². The minimum Gasteiger partial charge on any atom is -0.330 e. The molecule has 0 aliphatic carbocycles. The van der Waals surface area contributed by atoms with E-state index < -0.39 is 0 Å². The lowest BCUT2D eigenvalue weighted by Crippen LogP contribution is -2.28. The van der Waals surface area contributed by atoms with Crippen LogP contribution in [0.3, 0.4) is 0 Å². The summed E-state index contributed by atoms with van der Waals surface area (Å²) in [6.07, 6.45) is 2.46. The number of hydrogen-bond donors (Lipinski definition) is 1. The van der Waals surface area contributed by atoms with Crippen LogP contribution >= 0.6 is 0 Å². The second kappa shape index (κ2) is 6.39. The summed E-state index contributed by atoms with van der Waals surface area (Å²) in [7, 11) is 0. The minimum absolute atomic E-state index is 0.0929. The number of nitrogens with two attached hydrogens (primary N) is 1. The third kappa shape index (κ3) is 3.00. The maximum Gasteiger partial charge on any atom is 0.256 e. The number of hydrogen-bond acceptors (Lipinski definition) is 3. The fourth-order valence-electron chi connectivity index (χ4n) is 3.13. The first-order chi connectivity index (χ1) is 9.99. The number of anilines is 1. The van der Waals surface area contributed by atoms with E-state index in [1.54, 1.807) is 5.01 Å². The lowest BCUT2D eigenvalue weighted by Gasteiger charge is -2.19. The van der Waals surface area contributed by atoms with Crippen LogP contribution in [0.5, 0.6) is 0 Å². The van der Waals surface area contributed by atoms with E-state index in [9.17, 15) is 4.79 Å². The highest BCUT2D eigenvalue weighted by Crippen LogP contribution is 2.32. The summed E-state index contributed by atoms with van der Waals surface area (Å²) in [4.78, 5) is 12.7. The first-order valence-corrected chi connectivity index (χ1v) is 7.68. The third-order valence-electron chi connectivity index (χ3n) is 4.04. The molecule has 2 N–H and O–H groups in total. The van der Waals surface area contributed by atoms with Crippen LogP contribution in [0.25, 0.3) is 0 Å². The number of carbonyl (C=O) groups is 1. The molecule has 1 amide bonds. The molecule has 1 aromatic carbocycles. The molecule has 0 bridgehead atoms. The van der Waals surface area contributed by atoms with Gasteiger partial charge in [0.2, 0.25) is 0 Å². The molecule has 0 aromatic heterocycles. The van der Waals surface area contributed by atoms with E-state index in [2.05, 4.69) is 31.1 Å². The lowest BCUT2D eigenvalue weighted by atomic mass is 9.95. The average Bonchev–Trinajstić information content (AvgIpc) is 2.72. The van der Waals surface area contributed by atoms with Gasteiger partial charge in [-0.05, 0) is 57.7 Å². The lowest BCUT2D eigenvalue weighted by molar-refractivity contribution is -0.119. The Balaban J connectivity index is 2.38. The topological polar surface area (TPSA) is 58.7 Å². The van der Waals surface area contributed by atoms with Crippen LogP contribution in [-0.2, 0) is 4.79 Å². The van der Waals surface area contributed by atoms with E-state index >= 15 is 0 Å². The van der Waals surface area contributed by atoms with Gasteiger partial charge in [0, 0.05) is 0 Å². The van der Waals surface area contributed by atoms with Gasteiger partial charge in [0.25, 0.3) is 5.91 Å². The van der Waals surface area contributed by atoms with Crippen molar-refractivity contribution < 1.29 is 4.79 Å². The molecule has 0 radical (unpaired) electrons. The zero-order valence-corrected chi connectivity index (χ0v) is 13.4. The highest BCUT2D eigenvalue weighted by atomic mass is 16.2. The van der Waals surface area contributed by atoms with Crippen molar-refractivity contribution in [2.24, 2.45) is 16.8 Å². The molecule has 0 fully saturated rings. The normalized spacial score (nSPS) is 18.3. The van der Waals surface area contributed by atoms with Gasteiger partial charge in [0.1, 0.15) is 0 Å². The number of hydrazone groups is 1. The summed E-state index contributed by atoms with van der Waals surface area (Å²) in [5.41, 5.74) is 10.9. The van der Waals surface area contributed by atoms with Crippen molar-refractivity contribution in [3.63, 3.8) is 0 Å². The van der Waals surface area contributed by atoms with Gasteiger partial charge >= 0.3 is 0 Å². The van der Waals surface area contributed by atoms with Crippen molar-refractivity contribution in [2.75, 3.05) is 11.6 Å². The summed E-state index contributed by atoms with van der Waals surface area (Å²) in [6.45, 7) is 8.82. The zero-order chi connectivity index (χ0) is 15.6. The van der Waals surface area contributed by atoms with Gasteiger partial charge in [-0.15, -0.1) is 0 Å². The Bertz CT molecular complexity index is 554. The number of benzene rings is 1. The maximum absolute atomic E-state index is 12.7. The second-order valence-electron chi connectivity index (χ2n) is 5.83. The first kappa shape index (κ1) is 15.7. The molecule has 1 unspecified atom stereocenters. The van der Waals surface area contributed by atoms with Crippen molar-refractivity contribution in [3.05, 3.63) is 28.8 Å². The summed E-state index contributed by atoms with van der Waals surface area (Å²) in [5.74, 6) is -0.00555. The van der Waals surface area contributed by atoms with Crippen molar-refractivity contribution >= 4 is 17.3 Å². The van der Waals surface area contributed by atoms with E-state index in [0.717, 1.165) is 41.8 Å². The van der Waals surface area contributed by atoms with Crippen LogP contribution in [0.4, 0.5) is 5.69 Å². The molecule has 1 aliphatic rings. The predicted molar refractivity (Wildman–Crippen MR) is 87.6 cm³/mol. The largest absolute Gasteiger partial charge is 0.330 e. The monoisotopic (exact) mass is 287 g/mol. The Morgan fingerprint density at radius 3 is 2.38 bits per heavy atom. The molecule has 1 aromatic rings. The predicted octanol–water partition coefficient (Wildman–Crippen LogP) is 3.08. The van der Waals surface area contributed by atoms with Crippen LogP contribution in [-0.4, -0.2) is 18.2 Å². The summed E-state index contributed by atoms with van der Waals surface area (Å²) in [5, 5.41) is 6.22. The fourth-order valence-corrected chi connectivity index (χ4v) is 3.13. The number of amides is 1. The molecule has 0 spiro atoms. The molecule has 1 heterocycles. The molecular formula is C17H25N3O. The SMILES string of the molecule is CCC1=NN(c2c(C)cc(C)cc2C)C(=O)C1CCCN. The van der Waals surface area contributed by atoms with E-state index in [-0.39, 0.29) is 11.8 Å². The van der Waals surface area contributed by atoms with E-state index in [1.807, 2.05) is 13.8 Å². The van der Waals surface area contributed by atoms with Crippen LogP contribution in [0.15, 0.2) is 17.2 Å². The molecular weight excluding hydrogens is 262 g/mol. The van der Waals surface area contributed by atoms with Crippen molar-refractivity contribution in [3.8, 4) is 0 Å². The third-order valence-corrected chi connectivity index (χ3v) is 4.04. The molecule has 0 saturated carbocycles. The van der Waals surface area contributed by atoms with Crippen LogP contribution in [0.2, 0.25) is 0 Å². The Labute approximate surface area is 127 Å². The fraction of sp³-hybridized carbons (Fsp3) is 0.529.